The third-order valence-corrected chi connectivity index (χ3v) is 9.36. The predicted octanol–water partition coefficient (Wildman–Crippen LogP) is 2.99. The van der Waals surface area contributed by atoms with Crippen molar-refractivity contribution in [2.75, 3.05) is 50.4 Å². The Morgan fingerprint density at radius 3 is 2.22 bits per heavy atom. The van der Waals surface area contributed by atoms with Gasteiger partial charge >= 0.3 is 5.97 Å². The van der Waals surface area contributed by atoms with Crippen molar-refractivity contribution in [1.29, 1.82) is 0 Å². The van der Waals surface area contributed by atoms with Crippen molar-refractivity contribution in [3.8, 4) is 0 Å². The molecule has 3 aliphatic heterocycles. The first kappa shape index (κ1) is 27.9. The Kier molecular flexibility index (Phi) is 8.57. The molecule has 3 aliphatic rings. The fraction of sp³-hybridized carbons (Fsp3) is 0.654. The summed E-state index contributed by atoms with van der Waals surface area (Å²) in [5.74, 6) is -0.383. The summed E-state index contributed by atoms with van der Waals surface area (Å²) in [5, 5.41) is 0.510. The summed E-state index contributed by atoms with van der Waals surface area (Å²) < 4.78 is 29.9. The quantitative estimate of drug-likeness (QED) is 0.236. The van der Waals surface area contributed by atoms with Gasteiger partial charge in [0.2, 0.25) is 10.0 Å². The Balaban J connectivity index is 1.17. The monoisotopic (exact) mass is 550 g/mol. The van der Waals surface area contributed by atoms with Gasteiger partial charge in [-0.3, -0.25) is 9.69 Å². The number of carbonyl (C=O) groups is 2. The summed E-state index contributed by atoms with van der Waals surface area (Å²) in [6.45, 7) is 8.61. The SMILES string of the molecule is CC1(C)C(=O)N(c2ccc3c(c2)COC3=O)C(=S)N1CCCCCCCCN1CCN(S(C)(=O)=O)CC1. The number of esters is 1. The molecule has 2 saturated heterocycles. The minimum atomic E-state index is -3.07. The first-order valence-corrected chi connectivity index (χ1v) is 15.4. The van der Waals surface area contributed by atoms with Crippen LogP contribution in [0.25, 0.3) is 0 Å². The lowest BCUT2D eigenvalue weighted by Crippen LogP contribution is -2.48. The molecule has 1 amide bonds. The Morgan fingerprint density at radius 1 is 0.946 bits per heavy atom. The Morgan fingerprint density at radius 2 is 1.57 bits per heavy atom. The van der Waals surface area contributed by atoms with E-state index in [2.05, 4.69) is 4.90 Å². The number of thiocarbonyl (C=S) groups is 1. The van der Waals surface area contributed by atoms with Crippen molar-refractivity contribution >= 4 is 44.9 Å². The molecule has 11 heteroatoms. The van der Waals surface area contributed by atoms with Gasteiger partial charge in [0.05, 0.1) is 17.5 Å². The second-order valence-corrected chi connectivity index (χ2v) is 13.0. The Labute approximate surface area is 225 Å². The van der Waals surface area contributed by atoms with Gasteiger partial charge in [-0.2, -0.15) is 4.31 Å². The molecule has 0 aromatic heterocycles. The van der Waals surface area contributed by atoms with Gasteiger partial charge < -0.3 is 14.5 Å². The standard InChI is InChI=1S/C26H38N4O5S2/c1-26(2)24(32)30(21-10-11-22-20(18-21)19-35-23(22)31)25(36)29(26)13-9-7-5-4-6-8-12-27-14-16-28(17-15-27)37(3,33)34/h10-11,18H,4-9,12-17,19H2,1-3H3. The van der Waals surface area contributed by atoms with Crippen LogP contribution in [0.1, 0.15) is 68.3 Å². The van der Waals surface area contributed by atoms with Crippen molar-refractivity contribution in [3.63, 3.8) is 0 Å². The third kappa shape index (κ3) is 6.16. The van der Waals surface area contributed by atoms with Gasteiger partial charge in [0.15, 0.2) is 5.11 Å². The van der Waals surface area contributed by atoms with Crippen LogP contribution in [0.2, 0.25) is 0 Å². The largest absolute Gasteiger partial charge is 0.457 e. The van der Waals surface area contributed by atoms with Crippen molar-refractivity contribution in [3.05, 3.63) is 29.3 Å². The van der Waals surface area contributed by atoms with E-state index in [0.29, 0.717) is 29.5 Å². The number of piperazine rings is 1. The zero-order chi connectivity index (χ0) is 26.8. The smallest absolute Gasteiger partial charge is 0.338 e. The minimum Gasteiger partial charge on any atom is -0.457 e. The first-order chi connectivity index (χ1) is 17.5. The van der Waals surface area contributed by atoms with Crippen molar-refractivity contribution in [2.24, 2.45) is 0 Å². The molecule has 0 saturated carbocycles. The fourth-order valence-corrected chi connectivity index (χ4v) is 6.63. The number of fused-ring (bicyclic) bond motifs is 1. The molecule has 0 N–H and O–H groups in total. The van der Waals surface area contributed by atoms with E-state index in [1.165, 1.54) is 6.26 Å². The molecule has 204 valence electrons. The molecule has 2 fully saturated rings. The number of ether oxygens (including phenoxy) is 1. The average molecular weight is 551 g/mol. The van der Waals surface area contributed by atoms with Gasteiger partial charge in [-0.15, -0.1) is 0 Å². The number of hydrogen-bond acceptors (Lipinski definition) is 7. The highest BCUT2D eigenvalue weighted by molar-refractivity contribution is 7.88. The highest BCUT2D eigenvalue weighted by atomic mass is 32.2. The lowest BCUT2D eigenvalue weighted by atomic mass is 10.0. The highest BCUT2D eigenvalue weighted by Crippen LogP contribution is 2.34. The number of amides is 1. The molecule has 9 nitrogen and oxygen atoms in total. The van der Waals surface area contributed by atoms with E-state index in [1.807, 2.05) is 24.8 Å². The number of unbranched alkanes of at least 4 members (excludes halogenated alkanes) is 5. The molecule has 1 aromatic rings. The highest BCUT2D eigenvalue weighted by Gasteiger charge is 2.49. The number of cyclic esters (lactones) is 1. The average Bonchev–Trinajstić information content (AvgIpc) is 3.29. The van der Waals surface area contributed by atoms with Gasteiger partial charge in [-0.1, -0.05) is 25.7 Å². The number of hydrogen-bond donors (Lipinski definition) is 0. The zero-order valence-electron chi connectivity index (χ0n) is 22.1. The molecule has 0 unspecified atom stereocenters. The molecule has 4 rings (SSSR count). The maximum Gasteiger partial charge on any atom is 0.338 e. The van der Waals surface area contributed by atoms with E-state index in [9.17, 15) is 18.0 Å². The van der Waals surface area contributed by atoms with Crippen molar-refractivity contribution < 1.29 is 22.7 Å². The Bertz CT molecular complexity index is 1150. The number of sulfonamides is 1. The van der Waals surface area contributed by atoms with Crippen LogP contribution in [0.15, 0.2) is 18.2 Å². The van der Waals surface area contributed by atoms with Crippen LogP contribution < -0.4 is 4.90 Å². The van der Waals surface area contributed by atoms with Crippen LogP contribution >= 0.6 is 12.2 Å². The topological polar surface area (TPSA) is 90.5 Å². The second-order valence-electron chi connectivity index (χ2n) is 10.7. The van der Waals surface area contributed by atoms with Crippen LogP contribution in [-0.4, -0.2) is 90.6 Å². The molecule has 3 heterocycles. The lowest BCUT2D eigenvalue weighted by Gasteiger charge is -2.33. The molecular formula is C26H38N4O5S2. The molecule has 0 aliphatic carbocycles. The van der Waals surface area contributed by atoms with Crippen molar-refractivity contribution in [1.82, 2.24) is 14.1 Å². The molecule has 0 radical (unpaired) electrons. The van der Waals surface area contributed by atoms with Gasteiger partial charge in [-0.25, -0.2) is 13.2 Å². The maximum atomic E-state index is 13.3. The molecule has 37 heavy (non-hydrogen) atoms. The van der Waals surface area contributed by atoms with E-state index >= 15 is 0 Å². The normalized spacial score (nSPS) is 20.6. The number of nitrogens with zero attached hydrogens (tertiary/aromatic N) is 4. The van der Waals surface area contributed by atoms with Crippen molar-refractivity contribution in [2.45, 2.75) is 64.5 Å². The summed E-state index contributed by atoms with van der Waals surface area (Å²) in [7, 11) is -3.07. The van der Waals surface area contributed by atoms with Gasteiger partial charge in [0.1, 0.15) is 12.1 Å². The molecular weight excluding hydrogens is 512 g/mol. The number of carbonyl (C=O) groups excluding carboxylic acids is 2. The van der Waals surface area contributed by atoms with E-state index < -0.39 is 15.6 Å². The molecule has 0 spiro atoms. The molecule has 0 atom stereocenters. The van der Waals surface area contributed by atoms with Gasteiger partial charge in [-0.05, 0) is 63.7 Å². The third-order valence-electron chi connectivity index (χ3n) is 7.66. The van der Waals surface area contributed by atoms with Crippen LogP contribution in [-0.2, 0) is 26.2 Å². The summed E-state index contributed by atoms with van der Waals surface area (Å²) in [6, 6.07) is 5.30. The van der Waals surface area contributed by atoms with Crippen LogP contribution in [0, 0.1) is 0 Å². The summed E-state index contributed by atoms with van der Waals surface area (Å²) in [5.41, 5.74) is 1.29. The number of anilines is 1. The van der Waals surface area contributed by atoms with E-state index in [1.54, 1.807) is 21.3 Å². The molecule has 0 bridgehead atoms. The van der Waals surface area contributed by atoms with Gasteiger partial charge in [0.25, 0.3) is 5.91 Å². The van der Waals surface area contributed by atoms with E-state index in [-0.39, 0.29) is 18.5 Å². The summed E-state index contributed by atoms with van der Waals surface area (Å²) >= 11 is 5.74. The minimum absolute atomic E-state index is 0.0555. The van der Waals surface area contributed by atoms with Crippen LogP contribution in [0.4, 0.5) is 5.69 Å². The van der Waals surface area contributed by atoms with Gasteiger partial charge in [0, 0.05) is 38.3 Å². The van der Waals surface area contributed by atoms with Crippen LogP contribution in [0.3, 0.4) is 0 Å². The summed E-state index contributed by atoms with van der Waals surface area (Å²) in [4.78, 5) is 31.0. The van der Waals surface area contributed by atoms with Crippen LogP contribution in [0.5, 0.6) is 0 Å². The zero-order valence-corrected chi connectivity index (χ0v) is 23.7. The summed E-state index contributed by atoms with van der Waals surface area (Å²) in [6.07, 6.45) is 7.92. The number of benzene rings is 1. The Hall–Kier alpha value is -2.08. The predicted molar refractivity (Wildman–Crippen MR) is 147 cm³/mol. The number of rotatable bonds is 11. The lowest BCUT2D eigenvalue weighted by molar-refractivity contribution is -0.123. The first-order valence-electron chi connectivity index (χ1n) is 13.1. The molecule has 1 aromatic carbocycles. The van der Waals surface area contributed by atoms with E-state index in [4.69, 9.17) is 17.0 Å². The fourth-order valence-electron chi connectivity index (χ4n) is 5.29. The maximum absolute atomic E-state index is 13.3. The van der Waals surface area contributed by atoms with E-state index in [0.717, 1.165) is 70.3 Å². The second kappa shape index (κ2) is 11.3.